The molecule has 3 N–H and O–H groups in total. The maximum atomic E-state index is 12.1. The Labute approximate surface area is 84.8 Å². The molecule has 2 unspecified atom stereocenters. The Bertz CT molecular complexity index is 236. The first kappa shape index (κ1) is 9.93. The fraction of sp³-hybridized carbons (Fsp3) is 0.900. The molecule has 0 bridgehead atoms. The molecule has 2 saturated heterocycles. The average molecular weight is 197 g/mol. The number of amides is 1. The summed E-state index contributed by atoms with van der Waals surface area (Å²) in [5.74, 6) is 0.239. The Morgan fingerprint density at radius 2 is 2.43 bits per heavy atom. The first-order chi connectivity index (χ1) is 6.62. The molecule has 2 aliphatic heterocycles. The van der Waals surface area contributed by atoms with E-state index in [2.05, 4.69) is 5.32 Å². The second kappa shape index (κ2) is 3.51. The van der Waals surface area contributed by atoms with Crippen molar-refractivity contribution in [1.29, 1.82) is 0 Å². The van der Waals surface area contributed by atoms with Crippen LogP contribution in [0.3, 0.4) is 0 Å². The molecule has 2 atom stereocenters. The summed E-state index contributed by atoms with van der Waals surface area (Å²) in [6.45, 7) is 4.53. The number of hydrogen-bond acceptors (Lipinski definition) is 3. The van der Waals surface area contributed by atoms with Crippen LogP contribution in [0.2, 0.25) is 0 Å². The fourth-order valence-corrected chi connectivity index (χ4v) is 2.40. The van der Waals surface area contributed by atoms with E-state index < -0.39 is 0 Å². The predicted molar refractivity (Wildman–Crippen MR) is 54.8 cm³/mol. The summed E-state index contributed by atoms with van der Waals surface area (Å²) >= 11 is 0. The van der Waals surface area contributed by atoms with Gasteiger partial charge in [-0.05, 0) is 32.7 Å². The lowest BCUT2D eigenvalue weighted by molar-refractivity contribution is -0.136. The number of nitrogens with zero attached hydrogens (tertiary/aromatic N) is 1. The van der Waals surface area contributed by atoms with Gasteiger partial charge in [-0.1, -0.05) is 0 Å². The van der Waals surface area contributed by atoms with E-state index in [4.69, 9.17) is 5.73 Å². The van der Waals surface area contributed by atoms with Crippen LogP contribution < -0.4 is 11.1 Å². The second-order valence-corrected chi connectivity index (χ2v) is 4.66. The zero-order valence-corrected chi connectivity index (χ0v) is 8.75. The monoisotopic (exact) mass is 197 g/mol. The van der Waals surface area contributed by atoms with Crippen LogP contribution >= 0.6 is 0 Å². The molecule has 2 rings (SSSR count). The lowest BCUT2D eigenvalue weighted by Crippen LogP contribution is -2.52. The van der Waals surface area contributed by atoms with E-state index in [-0.39, 0.29) is 17.5 Å². The third-order valence-electron chi connectivity index (χ3n) is 3.35. The third-order valence-corrected chi connectivity index (χ3v) is 3.35. The van der Waals surface area contributed by atoms with Crippen LogP contribution in [0.4, 0.5) is 0 Å². The van der Waals surface area contributed by atoms with Crippen molar-refractivity contribution in [3.63, 3.8) is 0 Å². The molecule has 0 spiro atoms. The largest absolute Gasteiger partial charge is 0.339 e. The molecule has 0 aromatic carbocycles. The van der Waals surface area contributed by atoms with E-state index in [1.54, 1.807) is 0 Å². The maximum absolute atomic E-state index is 12.1. The SMILES string of the molecule is CC1(C(=O)N2CCC(N)C2)CCCN1. The number of likely N-dealkylation sites (tertiary alicyclic amines) is 1. The molecular formula is C10H19N3O. The van der Waals surface area contributed by atoms with E-state index in [0.29, 0.717) is 0 Å². The number of hydrogen-bond donors (Lipinski definition) is 2. The Morgan fingerprint density at radius 1 is 1.64 bits per heavy atom. The molecule has 1 amide bonds. The van der Waals surface area contributed by atoms with E-state index >= 15 is 0 Å². The smallest absolute Gasteiger partial charge is 0.242 e. The summed E-state index contributed by atoms with van der Waals surface area (Å²) in [6, 6.07) is 0.184. The summed E-state index contributed by atoms with van der Waals surface area (Å²) in [4.78, 5) is 14.0. The number of nitrogens with one attached hydrogen (secondary N) is 1. The molecule has 0 aromatic rings. The Kier molecular flexibility index (Phi) is 2.49. The van der Waals surface area contributed by atoms with Gasteiger partial charge in [0.2, 0.25) is 5.91 Å². The van der Waals surface area contributed by atoms with Crippen LogP contribution in [0.25, 0.3) is 0 Å². The van der Waals surface area contributed by atoms with Gasteiger partial charge < -0.3 is 16.0 Å². The van der Waals surface area contributed by atoms with Gasteiger partial charge in [0.05, 0.1) is 5.54 Å². The number of nitrogens with two attached hydrogens (primary N) is 1. The molecule has 4 nitrogen and oxygen atoms in total. The van der Waals surface area contributed by atoms with E-state index in [1.165, 1.54) is 0 Å². The lowest BCUT2D eigenvalue weighted by Gasteiger charge is -2.28. The topological polar surface area (TPSA) is 58.4 Å². The van der Waals surface area contributed by atoms with Gasteiger partial charge in [0, 0.05) is 19.1 Å². The normalized spacial score (nSPS) is 37.9. The zero-order chi connectivity index (χ0) is 10.2. The van der Waals surface area contributed by atoms with Crippen LogP contribution in [0.15, 0.2) is 0 Å². The summed E-state index contributed by atoms with van der Waals surface area (Å²) in [5, 5.41) is 3.29. The van der Waals surface area contributed by atoms with Crippen LogP contribution in [-0.2, 0) is 4.79 Å². The molecule has 14 heavy (non-hydrogen) atoms. The van der Waals surface area contributed by atoms with Crippen molar-refractivity contribution in [3.05, 3.63) is 0 Å². The van der Waals surface area contributed by atoms with Gasteiger partial charge in [-0.2, -0.15) is 0 Å². The van der Waals surface area contributed by atoms with Gasteiger partial charge in [0.15, 0.2) is 0 Å². The van der Waals surface area contributed by atoms with Crippen molar-refractivity contribution in [3.8, 4) is 0 Å². The number of carbonyl (C=O) groups excluding carboxylic acids is 1. The number of carbonyl (C=O) groups is 1. The van der Waals surface area contributed by atoms with Crippen LogP contribution in [0.1, 0.15) is 26.2 Å². The van der Waals surface area contributed by atoms with Gasteiger partial charge in [0.25, 0.3) is 0 Å². The molecule has 0 radical (unpaired) electrons. The van der Waals surface area contributed by atoms with Gasteiger partial charge in [0.1, 0.15) is 0 Å². The minimum Gasteiger partial charge on any atom is -0.339 e. The Morgan fingerprint density at radius 3 is 2.93 bits per heavy atom. The van der Waals surface area contributed by atoms with Gasteiger partial charge >= 0.3 is 0 Å². The lowest BCUT2D eigenvalue weighted by atomic mass is 9.99. The van der Waals surface area contributed by atoms with Crippen molar-refractivity contribution < 1.29 is 4.79 Å². The van der Waals surface area contributed by atoms with E-state index in [0.717, 1.165) is 38.9 Å². The Hall–Kier alpha value is -0.610. The molecule has 0 aliphatic carbocycles. The highest BCUT2D eigenvalue weighted by molar-refractivity contribution is 5.86. The fourth-order valence-electron chi connectivity index (χ4n) is 2.40. The average Bonchev–Trinajstić information content (AvgIpc) is 2.74. The summed E-state index contributed by atoms with van der Waals surface area (Å²) < 4.78 is 0. The van der Waals surface area contributed by atoms with Crippen molar-refractivity contribution in [2.45, 2.75) is 37.8 Å². The molecule has 4 heteroatoms. The summed E-state index contributed by atoms with van der Waals surface area (Å²) in [6.07, 6.45) is 3.00. The Balaban J connectivity index is 2.00. The van der Waals surface area contributed by atoms with Crippen molar-refractivity contribution in [2.24, 2.45) is 5.73 Å². The van der Waals surface area contributed by atoms with E-state index in [1.807, 2.05) is 11.8 Å². The zero-order valence-electron chi connectivity index (χ0n) is 8.75. The molecule has 0 saturated carbocycles. The van der Waals surface area contributed by atoms with Crippen molar-refractivity contribution >= 4 is 5.91 Å². The highest BCUT2D eigenvalue weighted by Gasteiger charge is 2.40. The molecule has 80 valence electrons. The van der Waals surface area contributed by atoms with Gasteiger partial charge in [-0.3, -0.25) is 4.79 Å². The minimum absolute atomic E-state index is 0.184. The minimum atomic E-state index is -0.315. The summed E-state index contributed by atoms with van der Waals surface area (Å²) in [5.41, 5.74) is 5.48. The van der Waals surface area contributed by atoms with Crippen molar-refractivity contribution in [1.82, 2.24) is 10.2 Å². The first-order valence-corrected chi connectivity index (χ1v) is 5.42. The highest BCUT2D eigenvalue weighted by Crippen LogP contribution is 2.23. The highest BCUT2D eigenvalue weighted by atomic mass is 16.2. The van der Waals surface area contributed by atoms with E-state index in [9.17, 15) is 4.79 Å². The number of rotatable bonds is 1. The standard InChI is InChI=1S/C10H19N3O/c1-10(4-2-5-12-10)9(14)13-6-3-8(11)7-13/h8,12H,2-7,11H2,1H3. The van der Waals surface area contributed by atoms with Gasteiger partial charge in [-0.25, -0.2) is 0 Å². The first-order valence-electron chi connectivity index (χ1n) is 5.42. The molecule has 2 fully saturated rings. The molecule has 0 aromatic heterocycles. The second-order valence-electron chi connectivity index (χ2n) is 4.66. The van der Waals surface area contributed by atoms with Crippen LogP contribution in [0, 0.1) is 0 Å². The quantitative estimate of drug-likeness (QED) is 0.606. The third kappa shape index (κ3) is 1.64. The maximum Gasteiger partial charge on any atom is 0.242 e. The molecule has 2 aliphatic rings. The molecule has 2 heterocycles. The van der Waals surface area contributed by atoms with Crippen molar-refractivity contribution in [2.75, 3.05) is 19.6 Å². The summed E-state index contributed by atoms with van der Waals surface area (Å²) in [7, 11) is 0. The van der Waals surface area contributed by atoms with Gasteiger partial charge in [-0.15, -0.1) is 0 Å². The predicted octanol–water partition coefficient (Wildman–Crippen LogP) is -0.312. The van der Waals surface area contributed by atoms with Crippen LogP contribution in [-0.4, -0.2) is 42.0 Å². The molecular weight excluding hydrogens is 178 g/mol. The van der Waals surface area contributed by atoms with Crippen LogP contribution in [0.5, 0.6) is 0 Å².